The first-order valence-electron chi connectivity index (χ1n) is 5.96. The fourth-order valence-electron chi connectivity index (χ4n) is 2.18. The van der Waals surface area contributed by atoms with Crippen molar-refractivity contribution in [2.75, 3.05) is 6.54 Å². The smallest absolute Gasteiger partial charge is 0.121 e. The molecule has 1 saturated carbocycles. The van der Waals surface area contributed by atoms with Gasteiger partial charge in [-0.15, -0.1) is 21.5 Å². The van der Waals surface area contributed by atoms with E-state index in [9.17, 15) is 0 Å². The number of nitrogens with zero attached hydrogens (tertiary/aromatic N) is 2. The van der Waals surface area contributed by atoms with Gasteiger partial charge in [-0.25, -0.2) is 0 Å². The largest absolute Gasteiger partial charge is 0.330 e. The van der Waals surface area contributed by atoms with Gasteiger partial charge >= 0.3 is 0 Å². The second-order valence-corrected chi connectivity index (χ2v) is 5.53. The molecule has 0 spiro atoms. The summed E-state index contributed by atoms with van der Waals surface area (Å²) in [6.45, 7) is 0.654. The Bertz CT molecular complexity index is 494. The Morgan fingerprint density at radius 3 is 2.76 bits per heavy atom. The second kappa shape index (κ2) is 4.55. The van der Waals surface area contributed by atoms with Crippen LogP contribution in [0.2, 0.25) is 0 Å². The molecule has 1 fully saturated rings. The summed E-state index contributed by atoms with van der Waals surface area (Å²) in [5.41, 5.74) is 6.94. The highest BCUT2D eigenvalue weighted by Gasteiger charge is 2.41. The first-order chi connectivity index (χ1) is 8.38. The van der Waals surface area contributed by atoms with Crippen LogP contribution in [0.5, 0.6) is 0 Å². The minimum Gasteiger partial charge on any atom is -0.330 e. The third-order valence-corrected chi connectivity index (χ3v) is 4.29. The molecule has 1 aromatic heterocycles. The Hall–Kier alpha value is -1.26. The lowest BCUT2D eigenvalue weighted by atomic mass is 10.1. The van der Waals surface area contributed by atoms with Crippen molar-refractivity contribution in [3.05, 3.63) is 45.9 Å². The van der Waals surface area contributed by atoms with Crippen LogP contribution in [-0.2, 0) is 6.42 Å². The minimum absolute atomic E-state index is 0.585. The first-order valence-corrected chi connectivity index (χ1v) is 6.77. The molecule has 2 aromatic rings. The second-order valence-electron chi connectivity index (χ2n) is 4.43. The molecule has 1 heterocycles. The van der Waals surface area contributed by atoms with Crippen LogP contribution in [0.15, 0.2) is 30.3 Å². The van der Waals surface area contributed by atoms with Crippen LogP contribution >= 0.6 is 11.3 Å². The maximum atomic E-state index is 5.52. The highest BCUT2D eigenvalue weighted by atomic mass is 32.1. The number of nitrogens with two attached hydrogens (primary N) is 1. The van der Waals surface area contributed by atoms with E-state index in [4.69, 9.17) is 5.73 Å². The van der Waals surface area contributed by atoms with Crippen molar-refractivity contribution >= 4 is 11.3 Å². The number of benzene rings is 1. The average molecular weight is 245 g/mol. The summed E-state index contributed by atoms with van der Waals surface area (Å²) in [6, 6.07) is 10.7. The molecule has 3 rings (SSSR count). The summed E-state index contributed by atoms with van der Waals surface area (Å²) in [5, 5.41) is 10.7. The van der Waals surface area contributed by atoms with Gasteiger partial charge in [0.05, 0.1) is 0 Å². The highest BCUT2D eigenvalue weighted by molar-refractivity contribution is 7.11. The first kappa shape index (κ1) is 10.9. The third kappa shape index (κ3) is 2.23. The predicted molar refractivity (Wildman–Crippen MR) is 69.2 cm³/mol. The van der Waals surface area contributed by atoms with E-state index in [2.05, 4.69) is 40.5 Å². The van der Waals surface area contributed by atoms with Gasteiger partial charge in [-0.3, -0.25) is 0 Å². The Kier molecular flexibility index (Phi) is 2.91. The van der Waals surface area contributed by atoms with E-state index < -0.39 is 0 Å². The van der Waals surface area contributed by atoms with Crippen LogP contribution in [0.4, 0.5) is 0 Å². The van der Waals surface area contributed by atoms with Gasteiger partial charge in [0.15, 0.2) is 0 Å². The van der Waals surface area contributed by atoms with Gasteiger partial charge in [-0.2, -0.15) is 0 Å². The molecule has 2 N–H and O–H groups in total. The molecule has 3 nitrogen and oxygen atoms in total. The molecule has 0 saturated heterocycles. The number of hydrogen-bond acceptors (Lipinski definition) is 4. The van der Waals surface area contributed by atoms with Crippen molar-refractivity contribution in [3.8, 4) is 0 Å². The van der Waals surface area contributed by atoms with Gasteiger partial charge in [0.1, 0.15) is 10.0 Å². The van der Waals surface area contributed by atoms with E-state index in [0.717, 1.165) is 11.4 Å². The Morgan fingerprint density at radius 1 is 1.18 bits per heavy atom. The molecule has 2 atom stereocenters. The quantitative estimate of drug-likeness (QED) is 0.899. The van der Waals surface area contributed by atoms with E-state index in [1.165, 1.54) is 17.0 Å². The molecule has 0 aliphatic heterocycles. The molecule has 4 heteroatoms. The van der Waals surface area contributed by atoms with E-state index in [-0.39, 0.29) is 0 Å². The van der Waals surface area contributed by atoms with E-state index in [1.807, 2.05) is 0 Å². The number of hydrogen-bond donors (Lipinski definition) is 1. The van der Waals surface area contributed by atoms with E-state index >= 15 is 0 Å². The molecule has 0 bridgehead atoms. The van der Waals surface area contributed by atoms with Crippen LogP contribution in [0.1, 0.15) is 33.8 Å². The summed E-state index contributed by atoms with van der Waals surface area (Å²) < 4.78 is 0. The fourth-order valence-corrected chi connectivity index (χ4v) is 3.21. The maximum Gasteiger partial charge on any atom is 0.121 e. The van der Waals surface area contributed by atoms with Crippen LogP contribution in [-0.4, -0.2) is 16.7 Å². The third-order valence-electron chi connectivity index (χ3n) is 3.18. The lowest BCUT2D eigenvalue weighted by molar-refractivity contribution is 0.885. The van der Waals surface area contributed by atoms with Gasteiger partial charge in [0.2, 0.25) is 0 Å². The van der Waals surface area contributed by atoms with Crippen LogP contribution in [0, 0.1) is 0 Å². The molecule has 1 aliphatic carbocycles. The Morgan fingerprint density at radius 2 is 2.00 bits per heavy atom. The van der Waals surface area contributed by atoms with E-state index in [1.54, 1.807) is 11.3 Å². The monoisotopic (exact) mass is 245 g/mol. The molecule has 88 valence electrons. The van der Waals surface area contributed by atoms with Crippen molar-refractivity contribution in [3.63, 3.8) is 0 Å². The van der Waals surface area contributed by atoms with Gasteiger partial charge in [0.25, 0.3) is 0 Å². The molecule has 0 amide bonds. The van der Waals surface area contributed by atoms with Crippen LogP contribution in [0.3, 0.4) is 0 Å². The molecular weight excluding hydrogens is 230 g/mol. The number of rotatable bonds is 4. The predicted octanol–water partition coefficient (Wildman–Crippen LogP) is 2.31. The average Bonchev–Trinajstić information content (AvgIpc) is 3.04. The zero-order valence-corrected chi connectivity index (χ0v) is 10.4. The zero-order chi connectivity index (χ0) is 11.7. The van der Waals surface area contributed by atoms with Crippen molar-refractivity contribution in [1.29, 1.82) is 0 Å². The molecule has 17 heavy (non-hydrogen) atoms. The summed E-state index contributed by atoms with van der Waals surface area (Å²) in [5.74, 6) is 1.23. The number of aromatic nitrogens is 2. The summed E-state index contributed by atoms with van der Waals surface area (Å²) in [4.78, 5) is 0. The fraction of sp³-hybridized carbons (Fsp3) is 0.385. The van der Waals surface area contributed by atoms with Crippen molar-refractivity contribution < 1.29 is 0 Å². The minimum atomic E-state index is 0.585. The normalized spacial score (nSPS) is 22.6. The molecular formula is C13H15N3S. The Labute approximate surface area is 105 Å². The molecule has 1 aromatic carbocycles. The highest BCUT2D eigenvalue weighted by Crippen LogP contribution is 2.55. The van der Waals surface area contributed by atoms with Crippen LogP contribution < -0.4 is 5.73 Å². The topological polar surface area (TPSA) is 51.8 Å². The van der Waals surface area contributed by atoms with Crippen molar-refractivity contribution in [1.82, 2.24) is 10.2 Å². The van der Waals surface area contributed by atoms with Gasteiger partial charge < -0.3 is 5.73 Å². The van der Waals surface area contributed by atoms with Crippen molar-refractivity contribution in [2.24, 2.45) is 5.73 Å². The Balaban J connectivity index is 1.71. The lowest BCUT2D eigenvalue weighted by Crippen LogP contribution is -2.01. The SMILES string of the molecule is NCCc1nnc(C2CC2c2ccccc2)s1. The molecule has 1 aliphatic rings. The van der Waals surface area contributed by atoms with Gasteiger partial charge in [-0.05, 0) is 24.4 Å². The zero-order valence-electron chi connectivity index (χ0n) is 9.54. The molecule has 0 radical (unpaired) electrons. The summed E-state index contributed by atoms with van der Waals surface area (Å²) >= 11 is 1.72. The lowest BCUT2D eigenvalue weighted by Gasteiger charge is -1.96. The van der Waals surface area contributed by atoms with Gasteiger partial charge in [-0.1, -0.05) is 30.3 Å². The van der Waals surface area contributed by atoms with Crippen LogP contribution in [0.25, 0.3) is 0 Å². The molecule has 2 unspecified atom stereocenters. The van der Waals surface area contributed by atoms with E-state index in [0.29, 0.717) is 18.4 Å². The maximum absolute atomic E-state index is 5.52. The van der Waals surface area contributed by atoms with Crippen molar-refractivity contribution in [2.45, 2.75) is 24.7 Å². The summed E-state index contributed by atoms with van der Waals surface area (Å²) in [6.07, 6.45) is 2.06. The summed E-state index contributed by atoms with van der Waals surface area (Å²) in [7, 11) is 0. The standard InChI is InChI=1S/C13H15N3S/c14-7-6-12-15-16-13(17-12)11-8-10(11)9-4-2-1-3-5-9/h1-5,10-11H,6-8,14H2. The van der Waals surface area contributed by atoms with Gasteiger partial charge in [0, 0.05) is 12.3 Å².